The maximum Gasteiger partial charge on any atom is 0.243 e. The summed E-state index contributed by atoms with van der Waals surface area (Å²) in [6.45, 7) is 1.53. The predicted molar refractivity (Wildman–Crippen MR) is 105 cm³/mol. The van der Waals surface area contributed by atoms with Crippen LogP contribution in [0, 0.1) is 0 Å². The first-order valence-corrected chi connectivity index (χ1v) is 11.1. The zero-order valence-corrected chi connectivity index (χ0v) is 16.7. The molecule has 1 fully saturated rings. The molecule has 1 N–H and O–H groups in total. The van der Waals surface area contributed by atoms with Gasteiger partial charge in [-0.25, -0.2) is 8.42 Å². The number of hydrogen-bond donors (Lipinski definition) is 1. The maximum absolute atomic E-state index is 13.2. The molecule has 0 spiro atoms. The van der Waals surface area contributed by atoms with Crippen LogP contribution in [0.5, 0.6) is 11.5 Å². The summed E-state index contributed by atoms with van der Waals surface area (Å²) in [6.07, 6.45) is 3.44. The molecule has 1 amide bonds. The van der Waals surface area contributed by atoms with Crippen molar-refractivity contribution in [2.24, 2.45) is 0 Å². The van der Waals surface area contributed by atoms with Gasteiger partial charge in [-0.1, -0.05) is 6.07 Å². The van der Waals surface area contributed by atoms with Crippen molar-refractivity contribution in [3.63, 3.8) is 0 Å². The Balaban J connectivity index is 1.44. The van der Waals surface area contributed by atoms with E-state index in [1.807, 2.05) is 18.2 Å². The fourth-order valence-corrected chi connectivity index (χ4v) is 5.26. The average molecular weight is 417 g/mol. The normalized spacial score (nSPS) is 19.1. The van der Waals surface area contributed by atoms with Gasteiger partial charge in [0.1, 0.15) is 19.3 Å². The third-order valence-electron chi connectivity index (χ3n) is 5.03. The van der Waals surface area contributed by atoms with Crippen molar-refractivity contribution in [3.8, 4) is 11.5 Å². The molecule has 1 aromatic heterocycles. The van der Waals surface area contributed by atoms with Crippen molar-refractivity contribution >= 4 is 15.9 Å². The predicted octanol–water partition coefficient (Wildman–Crippen LogP) is 1.36. The number of carbonyl (C=O) groups is 1. The first-order valence-electron chi connectivity index (χ1n) is 9.65. The molecule has 1 atom stereocenters. The minimum Gasteiger partial charge on any atom is -0.486 e. The average Bonchev–Trinajstić information content (AvgIpc) is 3.25. The molecule has 2 aromatic rings. The highest BCUT2D eigenvalue weighted by atomic mass is 32.2. The van der Waals surface area contributed by atoms with E-state index in [-0.39, 0.29) is 10.8 Å². The number of sulfonamides is 1. The van der Waals surface area contributed by atoms with E-state index in [1.165, 1.54) is 16.4 Å². The van der Waals surface area contributed by atoms with Crippen molar-refractivity contribution in [2.45, 2.75) is 30.2 Å². The largest absolute Gasteiger partial charge is 0.486 e. The Hall–Kier alpha value is -2.65. The lowest BCUT2D eigenvalue weighted by Crippen LogP contribution is -2.46. The summed E-state index contributed by atoms with van der Waals surface area (Å²) in [5, 5.41) is 2.85. The van der Waals surface area contributed by atoms with E-state index in [0.29, 0.717) is 57.1 Å². The number of ether oxygens (including phenoxy) is 2. The minimum atomic E-state index is -3.82. The van der Waals surface area contributed by atoms with Crippen LogP contribution < -0.4 is 14.8 Å². The van der Waals surface area contributed by atoms with Gasteiger partial charge in [-0.05, 0) is 37.1 Å². The molecule has 3 heterocycles. The zero-order chi connectivity index (χ0) is 20.3. The summed E-state index contributed by atoms with van der Waals surface area (Å²) in [7, 11) is -3.82. The number of benzene rings is 1. The molecule has 1 saturated heterocycles. The van der Waals surface area contributed by atoms with Gasteiger partial charge >= 0.3 is 0 Å². The van der Waals surface area contributed by atoms with E-state index in [4.69, 9.17) is 9.47 Å². The van der Waals surface area contributed by atoms with Crippen LogP contribution in [-0.2, 0) is 21.2 Å². The topological polar surface area (TPSA) is 97.8 Å². The van der Waals surface area contributed by atoms with Gasteiger partial charge in [-0.15, -0.1) is 0 Å². The standard InChI is InChI=1S/C20H23N3O5S/c24-20(22-10-8-15-4-1-2-9-21-15)17-5-3-11-23(17)29(25,26)16-6-7-18-19(14-16)28-13-12-27-18/h1-2,4,6-7,9,14,17H,3,5,8,10-13H2,(H,22,24)/t17-/m0/s1. The van der Waals surface area contributed by atoms with E-state index in [2.05, 4.69) is 10.3 Å². The SMILES string of the molecule is O=C(NCCc1ccccn1)[C@@H]1CCCN1S(=O)(=O)c1ccc2c(c1)OCCO2. The Morgan fingerprint density at radius 3 is 2.79 bits per heavy atom. The van der Waals surface area contributed by atoms with Gasteiger partial charge in [-0.2, -0.15) is 4.31 Å². The number of nitrogens with one attached hydrogen (secondary N) is 1. The van der Waals surface area contributed by atoms with Gasteiger partial charge in [0.2, 0.25) is 15.9 Å². The Morgan fingerprint density at radius 2 is 2.00 bits per heavy atom. The second-order valence-electron chi connectivity index (χ2n) is 6.94. The van der Waals surface area contributed by atoms with E-state index in [9.17, 15) is 13.2 Å². The molecule has 8 nitrogen and oxygen atoms in total. The molecule has 0 aliphatic carbocycles. The molecule has 2 aliphatic rings. The second-order valence-corrected chi connectivity index (χ2v) is 8.83. The summed E-state index contributed by atoms with van der Waals surface area (Å²) in [5.41, 5.74) is 0.875. The van der Waals surface area contributed by atoms with Crippen LogP contribution in [0.4, 0.5) is 0 Å². The summed E-state index contributed by atoms with van der Waals surface area (Å²) in [5.74, 6) is 0.660. The number of aromatic nitrogens is 1. The molecule has 0 radical (unpaired) electrons. The molecular weight excluding hydrogens is 394 g/mol. The minimum absolute atomic E-state index is 0.106. The van der Waals surface area contributed by atoms with Crippen LogP contribution in [0.25, 0.3) is 0 Å². The van der Waals surface area contributed by atoms with Crippen molar-refractivity contribution < 1.29 is 22.7 Å². The Labute approximate surface area is 169 Å². The lowest BCUT2D eigenvalue weighted by atomic mass is 10.2. The van der Waals surface area contributed by atoms with E-state index in [1.54, 1.807) is 12.3 Å². The number of amides is 1. The number of fused-ring (bicyclic) bond motifs is 1. The zero-order valence-electron chi connectivity index (χ0n) is 15.9. The van der Waals surface area contributed by atoms with Crippen LogP contribution in [0.3, 0.4) is 0 Å². The highest BCUT2D eigenvalue weighted by molar-refractivity contribution is 7.89. The van der Waals surface area contributed by atoms with Crippen LogP contribution in [-0.4, -0.2) is 56.0 Å². The highest BCUT2D eigenvalue weighted by Gasteiger charge is 2.39. The molecule has 154 valence electrons. The van der Waals surface area contributed by atoms with Gasteiger partial charge in [-0.3, -0.25) is 9.78 Å². The molecule has 29 heavy (non-hydrogen) atoms. The van der Waals surface area contributed by atoms with Gasteiger partial charge < -0.3 is 14.8 Å². The number of carbonyl (C=O) groups excluding carboxylic acids is 1. The monoisotopic (exact) mass is 417 g/mol. The van der Waals surface area contributed by atoms with Crippen LogP contribution in [0.1, 0.15) is 18.5 Å². The molecule has 4 rings (SSSR count). The van der Waals surface area contributed by atoms with Crippen molar-refractivity contribution in [1.82, 2.24) is 14.6 Å². The van der Waals surface area contributed by atoms with Gasteiger partial charge in [0.25, 0.3) is 0 Å². The Morgan fingerprint density at radius 1 is 1.17 bits per heavy atom. The summed E-state index contributed by atoms with van der Waals surface area (Å²) in [6, 6.07) is 9.47. The summed E-state index contributed by atoms with van der Waals surface area (Å²) >= 11 is 0. The highest BCUT2D eigenvalue weighted by Crippen LogP contribution is 2.34. The maximum atomic E-state index is 13.2. The lowest BCUT2D eigenvalue weighted by molar-refractivity contribution is -0.124. The van der Waals surface area contributed by atoms with E-state index >= 15 is 0 Å². The van der Waals surface area contributed by atoms with E-state index < -0.39 is 16.1 Å². The first kappa shape index (κ1) is 19.7. The smallest absolute Gasteiger partial charge is 0.243 e. The van der Waals surface area contributed by atoms with E-state index in [0.717, 1.165) is 5.69 Å². The molecule has 1 aromatic carbocycles. The van der Waals surface area contributed by atoms with Gasteiger partial charge in [0.05, 0.1) is 4.90 Å². The molecule has 2 aliphatic heterocycles. The van der Waals surface area contributed by atoms with Crippen molar-refractivity contribution in [2.75, 3.05) is 26.3 Å². The van der Waals surface area contributed by atoms with Gasteiger partial charge in [0, 0.05) is 37.5 Å². The Bertz CT molecular complexity index is 981. The number of rotatable bonds is 6. The number of pyridine rings is 1. The summed E-state index contributed by atoms with van der Waals surface area (Å²) in [4.78, 5) is 17.0. The van der Waals surface area contributed by atoms with Crippen LogP contribution >= 0.6 is 0 Å². The molecule has 0 bridgehead atoms. The van der Waals surface area contributed by atoms with Crippen LogP contribution in [0.2, 0.25) is 0 Å². The number of nitrogens with zero attached hydrogens (tertiary/aromatic N) is 2. The number of hydrogen-bond acceptors (Lipinski definition) is 6. The second kappa shape index (κ2) is 8.38. The third kappa shape index (κ3) is 4.20. The molecular formula is C20H23N3O5S. The molecule has 9 heteroatoms. The molecule has 0 unspecified atom stereocenters. The summed E-state index contributed by atoms with van der Waals surface area (Å²) < 4.78 is 38.6. The fraction of sp³-hybridized carbons (Fsp3) is 0.400. The Kier molecular flexibility index (Phi) is 5.68. The van der Waals surface area contributed by atoms with Crippen molar-refractivity contribution in [3.05, 3.63) is 48.3 Å². The fourth-order valence-electron chi connectivity index (χ4n) is 3.59. The van der Waals surface area contributed by atoms with Crippen LogP contribution in [0.15, 0.2) is 47.5 Å². The lowest BCUT2D eigenvalue weighted by Gasteiger charge is -2.24. The van der Waals surface area contributed by atoms with Crippen molar-refractivity contribution in [1.29, 1.82) is 0 Å². The molecule has 0 saturated carbocycles. The third-order valence-corrected chi connectivity index (χ3v) is 6.94. The first-order chi connectivity index (χ1) is 14.1. The quantitative estimate of drug-likeness (QED) is 0.762. The van der Waals surface area contributed by atoms with Gasteiger partial charge in [0.15, 0.2) is 11.5 Å².